The van der Waals surface area contributed by atoms with Gasteiger partial charge in [0.05, 0.1) is 0 Å². The molecular formula is C7H8NO. The molecule has 0 saturated heterocycles. The van der Waals surface area contributed by atoms with E-state index in [1.807, 2.05) is 13.8 Å². The number of hydrogen-bond donors (Lipinski definition) is 0. The van der Waals surface area contributed by atoms with Crippen LogP contribution in [0, 0.1) is 25.3 Å². The van der Waals surface area contributed by atoms with Crippen molar-refractivity contribution in [3.8, 4) is 0 Å². The Labute approximate surface area is 54.3 Å². The zero-order valence-corrected chi connectivity index (χ0v) is 5.51. The molecule has 0 bridgehead atoms. The summed E-state index contributed by atoms with van der Waals surface area (Å²) in [7, 11) is 0. The highest BCUT2D eigenvalue weighted by Crippen LogP contribution is 1.98. The highest BCUT2D eigenvalue weighted by molar-refractivity contribution is 5.15. The average molecular weight is 122 g/mol. The van der Waals surface area contributed by atoms with Crippen molar-refractivity contribution in [2.45, 2.75) is 13.8 Å². The molecule has 0 atom stereocenters. The molecule has 47 valence electrons. The molecule has 0 aliphatic rings. The second-order valence-corrected chi connectivity index (χ2v) is 2.06. The van der Waals surface area contributed by atoms with Crippen molar-refractivity contribution in [1.29, 1.82) is 0 Å². The van der Waals surface area contributed by atoms with E-state index in [4.69, 9.17) is 0 Å². The van der Waals surface area contributed by atoms with Crippen LogP contribution in [0.4, 0.5) is 0 Å². The summed E-state index contributed by atoms with van der Waals surface area (Å²) in [5.41, 5.74) is 2.01. The molecule has 2 heteroatoms. The number of nitrogens with zero attached hydrogens (tertiary/aromatic N) is 1. The van der Waals surface area contributed by atoms with E-state index in [1.165, 1.54) is 6.20 Å². The number of rotatable bonds is 0. The fourth-order valence-corrected chi connectivity index (χ4v) is 0.595. The molecule has 0 aliphatic heterocycles. The van der Waals surface area contributed by atoms with Crippen LogP contribution in [0.1, 0.15) is 11.1 Å². The molecular weight excluding hydrogens is 114 g/mol. The van der Waals surface area contributed by atoms with Crippen LogP contribution in [0.5, 0.6) is 0 Å². The van der Waals surface area contributed by atoms with Gasteiger partial charge in [-0.2, -0.15) is 4.73 Å². The molecule has 1 aromatic rings. The Hall–Kier alpha value is -1.05. The van der Waals surface area contributed by atoms with Crippen LogP contribution in [-0.4, -0.2) is 0 Å². The van der Waals surface area contributed by atoms with E-state index in [2.05, 4.69) is 6.20 Å². The van der Waals surface area contributed by atoms with Crippen molar-refractivity contribution in [3.05, 3.63) is 34.8 Å². The number of hydrogen-bond acceptors (Lipinski definition) is 1. The van der Waals surface area contributed by atoms with Crippen LogP contribution in [0.3, 0.4) is 0 Å². The summed E-state index contributed by atoms with van der Waals surface area (Å²) in [5, 5.41) is 10.5. The van der Waals surface area contributed by atoms with E-state index >= 15 is 0 Å². The molecule has 0 saturated carbocycles. The van der Waals surface area contributed by atoms with Gasteiger partial charge in [-0.15, -0.1) is 0 Å². The maximum absolute atomic E-state index is 10.5. The highest BCUT2D eigenvalue weighted by atomic mass is 16.5. The van der Waals surface area contributed by atoms with Gasteiger partial charge in [0.15, 0.2) is 6.20 Å². The van der Waals surface area contributed by atoms with Gasteiger partial charge in [0.1, 0.15) is 0 Å². The van der Waals surface area contributed by atoms with Crippen LogP contribution in [0.25, 0.3) is 0 Å². The fraction of sp³-hybridized carbons (Fsp3) is 0.286. The standard InChI is InChI=1S/C7H8NO/c1-6-3-4-8(9)5-7(6)2/h3-4H,1-2H3. The second-order valence-electron chi connectivity index (χ2n) is 2.06. The summed E-state index contributed by atoms with van der Waals surface area (Å²) in [5.74, 6) is 0. The molecule has 0 unspecified atom stereocenters. The Morgan fingerprint density at radius 3 is 2.67 bits per heavy atom. The van der Waals surface area contributed by atoms with Gasteiger partial charge in [-0.1, -0.05) is 0 Å². The van der Waals surface area contributed by atoms with Gasteiger partial charge in [0.2, 0.25) is 0 Å². The SMILES string of the molecule is Cc1[c][n+]([O-])ccc1C. The molecule has 1 aromatic heterocycles. The lowest BCUT2D eigenvalue weighted by atomic mass is 10.2. The van der Waals surface area contributed by atoms with Crippen molar-refractivity contribution in [3.63, 3.8) is 0 Å². The van der Waals surface area contributed by atoms with Gasteiger partial charge in [0.25, 0.3) is 6.20 Å². The minimum Gasteiger partial charge on any atom is -0.618 e. The molecule has 1 rings (SSSR count). The third kappa shape index (κ3) is 1.19. The first-order chi connectivity index (χ1) is 4.20. The van der Waals surface area contributed by atoms with Crippen LogP contribution in [-0.2, 0) is 0 Å². The Bertz CT molecular complexity index is 220. The lowest BCUT2D eigenvalue weighted by Crippen LogP contribution is -2.25. The first kappa shape index (κ1) is 6.08. The van der Waals surface area contributed by atoms with Gasteiger partial charge in [-0.25, -0.2) is 0 Å². The minimum absolute atomic E-state index is 0.683. The summed E-state index contributed by atoms with van der Waals surface area (Å²) in [6.07, 6.45) is 4.05. The molecule has 1 heterocycles. The first-order valence-electron chi connectivity index (χ1n) is 2.79. The predicted molar refractivity (Wildman–Crippen MR) is 33.7 cm³/mol. The predicted octanol–water partition coefficient (Wildman–Crippen LogP) is 0.737. The van der Waals surface area contributed by atoms with E-state index < -0.39 is 0 Å². The topological polar surface area (TPSA) is 26.9 Å². The van der Waals surface area contributed by atoms with Gasteiger partial charge < -0.3 is 5.21 Å². The van der Waals surface area contributed by atoms with Crippen molar-refractivity contribution in [2.75, 3.05) is 0 Å². The molecule has 9 heavy (non-hydrogen) atoms. The first-order valence-corrected chi connectivity index (χ1v) is 2.79. The van der Waals surface area contributed by atoms with Crippen LogP contribution < -0.4 is 4.73 Å². The van der Waals surface area contributed by atoms with Crippen LogP contribution >= 0.6 is 0 Å². The van der Waals surface area contributed by atoms with Gasteiger partial charge in [-0.05, 0) is 19.4 Å². The molecule has 1 radical (unpaired) electrons. The number of pyridine rings is 1. The monoisotopic (exact) mass is 122 g/mol. The normalized spacial score (nSPS) is 9.56. The van der Waals surface area contributed by atoms with E-state index in [1.54, 1.807) is 6.07 Å². The summed E-state index contributed by atoms with van der Waals surface area (Å²) < 4.78 is 0.683. The molecule has 0 spiro atoms. The highest BCUT2D eigenvalue weighted by Gasteiger charge is 1.95. The van der Waals surface area contributed by atoms with Crippen LogP contribution in [0.15, 0.2) is 12.3 Å². The fourth-order valence-electron chi connectivity index (χ4n) is 0.595. The Morgan fingerprint density at radius 2 is 2.22 bits per heavy atom. The number of aryl methyl sites for hydroxylation is 2. The third-order valence-electron chi connectivity index (χ3n) is 1.33. The van der Waals surface area contributed by atoms with E-state index in [-0.39, 0.29) is 0 Å². The average Bonchev–Trinajstić information content (AvgIpc) is 1.80. The Balaban J connectivity index is 3.17. The lowest BCUT2D eigenvalue weighted by molar-refractivity contribution is -0.610. The maximum Gasteiger partial charge on any atom is 0.293 e. The second kappa shape index (κ2) is 2.05. The van der Waals surface area contributed by atoms with Gasteiger partial charge in [0, 0.05) is 11.6 Å². The van der Waals surface area contributed by atoms with Crippen molar-refractivity contribution < 1.29 is 4.73 Å². The zero-order chi connectivity index (χ0) is 6.85. The molecule has 0 aromatic carbocycles. The van der Waals surface area contributed by atoms with Gasteiger partial charge >= 0.3 is 0 Å². The maximum atomic E-state index is 10.5. The summed E-state index contributed by atoms with van der Waals surface area (Å²) >= 11 is 0. The van der Waals surface area contributed by atoms with E-state index in [9.17, 15) is 5.21 Å². The lowest BCUT2D eigenvalue weighted by Gasteiger charge is -1.96. The molecule has 2 nitrogen and oxygen atoms in total. The summed E-state index contributed by atoms with van der Waals surface area (Å²) in [4.78, 5) is 0. The summed E-state index contributed by atoms with van der Waals surface area (Å²) in [6, 6.07) is 1.78. The van der Waals surface area contributed by atoms with Crippen molar-refractivity contribution in [1.82, 2.24) is 0 Å². The molecule has 0 fully saturated rings. The van der Waals surface area contributed by atoms with Crippen molar-refractivity contribution in [2.24, 2.45) is 0 Å². The summed E-state index contributed by atoms with van der Waals surface area (Å²) in [6.45, 7) is 3.82. The van der Waals surface area contributed by atoms with E-state index in [0.717, 1.165) is 11.1 Å². The van der Waals surface area contributed by atoms with E-state index in [0.29, 0.717) is 4.73 Å². The third-order valence-corrected chi connectivity index (χ3v) is 1.33. The quantitative estimate of drug-likeness (QED) is 0.368. The molecule has 0 aliphatic carbocycles. The Kier molecular flexibility index (Phi) is 1.39. The largest absolute Gasteiger partial charge is 0.618 e. The molecule has 0 amide bonds. The molecule has 0 N–H and O–H groups in total. The van der Waals surface area contributed by atoms with Gasteiger partial charge in [-0.3, -0.25) is 0 Å². The zero-order valence-electron chi connectivity index (χ0n) is 5.51. The Morgan fingerprint density at radius 1 is 1.56 bits per heavy atom. The van der Waals surface area contributed by atoms with Crippen LogP contribution in [0.2, 0.25) is 0 Å². The smallest absolute Gasteiger partial charge is 0.293 e. The minimum atomic E-state index is 0.683. The van der Waals surface area contributed by atoms with Crippen molar-refractivity contribution >= 4 is 0 Å². The number of aromatic nitrogens is 1.